The van der Waals surface area contributed by atoms with Crippen molar-refractivity contribution in [2.45, 2.75) is 43.2 Å². The molecule has 0 aliphatic carbocycles. The molecule has 22 heavy (non-hydrogen) atoms. The lowest BCUT2D eigenvalue weighted by molar-refractivity contribution is -0.200. The van der Waals surface area contributed by atoms with Crippen molar-refractivity contribution in [3.05, 3.63) is 22.7 Å². The molecule has 124 valence electrons. The molecule has 0 radical (unpaired) electrons. The van der Waals surface area contributed by atoms with Gasteiger partial charge in [-0.25, -0.2) is 4.79 Å². The summed E-state index contributed by atoms with van der Waals surface area (Å²) in [5.74, 6) is -0.0474. The molecule has 1 aliphatic heterocycles. The zero-order valence-corrected chi connectivity index (χ0v) is 11.8. The number of hydrogen-bond acceptors (Lipinski definition) is 9. The van der Waals surface area contributed by atoms with E-state index in [0.717, 1.165) is 11.5 Å². The third-order valence-corrected chi connectivity index (χ3v) is 3.74. The van der Waals surface area contributed by atoms with E-state index in [1.165, 1.54) is 12.3 Å². The zero-order valence-electron chi connectivity index (χ0n) is 11.8. The molecule has 2 rings (SSSR count). The number of rotatable bonds is 2. The largest absolute Gasteiger partial charge is 0.394 e. The number of anilines is 1. The molecule has 0 aromatic carbocycles. The summed E-state index contributed by atoms with van der Waals surface area (Å²) in [6.45, 7) is 0.426. The SMILES string of the molecule is C[C@@]1(O)[C@H](O)[C@H](O)[C@H](O)[C@@H](CO)O[C@H]1n1ccc(N)nc1=O. The van der Waals surface area contributed by atoms with Gasteiger partial charge in [-0.2, -0.15) is 4.98 Å². The second-order valence-corrected chi connectivity index (χ2v) is 5.40. The second kappa shape index (κ2) is 5.91. The van der Waals surface area contributed by atoms with Gasteiger partial charge in [0.2, 0.25) is 0 Å². The van der Waals surface area contributed by atoms with Crippen LogP contribution < -0.4 is 11.4 Å². The number of aliphatic hydroxyl groups is 5. The van der Waals surface area contributed by atoms with Crippen LogP contribution in [0.15, 0.2) is 17.1 Å². The van der Waals surface area contributed by atoms with Crippen molar-refractivity contribution in [3.8, 4) is 0 Å². The number of aliphatic hydroxyl groups excluding tert-OH is 4. The lowest BCUT2D eigenvalue weighted by atomic mass is 9.90. The predicted octanol–water partition coefficient (Wildman–Crippen LogP) is -3.45. The molecule has 0 saturated carbocycles. The van der Waals surface area contributed by atoms with E-state index in [0.29, 0.717) is 0 Å². The minimum Gasteiger partial charge on any atom is -0.394 e. The number of nitrogen functional groups attached to an aromatic ring is 1. The molecule has 0 bridgehead atoms. The third kappa shape index (κ3) is 2.72. The van der Waals surface area contributed by atoms with Crippen molar-refractivity contribution in [2.75, 3.05) is 12.3 Å². The molecule has 7 N–H and O–H groups in total. The first-order chi connectivity index (χ1) is 10.2. The summed E-state index contributed by atoms with van der Waals surface area (Å²) in [5.41, 5.74) is 2.38. The van der Waals surface area contributed by atoms with Crippen LogP contribution in [-0.4, -0.2) is 71.7 Å². The van der Waals surface area contributed by atoms with E-state index in [4.69, 9.17) is 10.5 Å². The minimum absolute atomic E-state index is 0.0474. The highest BCUT2D eigenvalue weighted by Gasteiger charge is 2.52. The summed E-state index contributed by atoms with van der Waals surface area (Å²) in [4.78, 5) is 15.4. The standard InChI is InChI=1S/C12H19N3O7/c1-12(21)9(19)8(18)7(17)5(4-16)22-10(12)15-3-2-6(13)14-11(15)20/h2-3,5,7-10,16-19,21H,4H2,1H3,(H2,13,14,20)/t5-,7-,8-,9-,10-,12-/m1/s1. The molecular formula is C12H19N3O7. The summed E-state index contributed by atoms with van der Waals surface area (Å²) < 4.78 is 6.20. The van der Waals surface area contributed by atoms with Crippen LogP contribution >= 0.6 is 0 Å². The first-order valence-electron chi connectivity index (χ1n) is 6.57. The molecule has 1 fully saturated rings. The van der Waals surface area contributed by atoms with Crippen LogP contribution in [-0.2, 0) is 4.74 Å². The van der Waals surface area contributed by atoms with Gasteiger partial charge in [0.05, 0.1) is 6.61 Å². The number of ether oxygens (including phenoxy) is 1. The minimum atomic E-state index is -2.15. The monoisotopic (exact) mass is 317 g/mol. The maximum atomic E-state index is 11.9. The first-order valence-corrected chi connectivity index (χ1v) is 6.57. The Morgan fingerprint density at radius 3 is 2.59 bits per heavy atom. The summed E-state index contributed by atoms with van der Waals surface area (Å²) in [5, 5.41) is 49.5. The van der Waals surface area contributed by atoms with E-state index in [2.05, 4.69) is 4.98 Å². The lowest BCUT2D eigenvalue weighted by Gasteiger charge is -2.36. The Morgan fingerprint density at radius 2 is 2.05 bits per heavy atom. The molecule has 0 unspecified atom stereocenters. The maximum absolute atomic E-state index is 11.9. The van der Waals surface area contributed by atoms with E-state index in [1.807, 2.05) is 0 Å². The van der Waals surface area contributed by atoms with Crippen LogP contribution in [0, 0.1) is 0 Å². The average molecular weight is 317 g/mol. The van der Waals surface area contributed by atoms with Crippen LogP contribution in [0.4, 0.5) is 5.82 Å². The third-order valence-electron chi connectivity index (χ3n) is 3.74. The number of nitrogens with zero attached hydrogens (tertiary/aromatic N) is 2. The van der Waals surface area contributed by atoms with E-state index in [1.54, 1.807) is 0 Å². The fraction of sp³-hybridized carbons (Fsp3) is 0.667. The fourth-order valence-electron chi connectivity index (χ4n) is 2.38. The highest BCUT2D eigenvalue weighted by Crippen LogP contribution is 2.34. The molecule has 1 saturated heterocycles. The molecular weight excluding hydrogens is 298 g/mol. The Morgan fingerprint density at radius 1 is 1.41 bits per heavy atom. The quantitative estimate of drug-likeness (QED) is 0.324. The molecule has 10 nitrogen and oxygen atoms in total. The highest BCUT2D eigenvalue weighted by atomic mass is 16.6. The second-order valence-electron chi connectivity index (χ2n) is 5.40. The highest BCUT2D eigenvalue weighted by molar-refractivity contribution is 5.23. The molecule has 10 heteroatoms. The molecule has 1 aromatic rings. The van der Waals surface area contributed by atoms with Gasteiger partial charge in [0.15, 0.2) is 6.23 Å². The van der Waals surface area contributed by atoms with Crippen LogP contribution in [0.2, 0.25) is 0 Å². The van der Waals surface area contributed by atoms with E-state index < -0.39 is 48.5 Å². The van der Waals surface area contributed by atoms with E-state index in [-0.39, 0.29) is 5.82 Å². The molecule has 6 atom stereocenters. The summed E-state index contributed by atoms with van der Waals surface area (Å²) in [6, 6.07) is 1.28. The number of hydrogen-bond donors (Lipinski definition) is 6. The summed E-state index contributed by atoms with van der Waals surface area (Å²) in [7, 11) is 0. The van der Waals surface area contributed by atoms with Crippen molar-refractivity contribution >= 4 is 5.82 Å². The van der Waals surface area contributed by atoms with Crippen molar-refractivity contribution in [3.63, 3.8) is 0 Å². The molecule has 2 heterocycles. The normalized spacial score (nSPS) is 39.5. The van der Waals surface area contributed by atoms with Gasteiger partial charge < -0.3 is 36.0 Å². The van der Waals surface area contributed by atoms with Gasteiger partial charge in [0, 0.05) is 6.20 Å². The van der Waals surface area contributed by atoms with Gasteiger partial charge in [0.1, 0.15) is 35.8 Å². The Bertz CT molecular complexity index is 590. The number of nitrogens with two attached hydrogens (primary N) is 1. The van der Waals surface area contributed by atoms with Crippen LogP contribution in [0.1, 0.15) is 13.2 Å². The lowest BCUT2D eigenvalue weighted by Crippen LogP contribution is -2.54. The van der Waals surface area contributed by atoms with Gasteiger partial charge in [-0.3, -0.25) is 4.57 Å². The average Bonchev–Trinajstić information content (AvgIpc) is 2.51. The van der Waals surface area contributed by atoms with Crippen LogP contribution in [0.5, 0.6) is 0 Å². The maximum Gasteiger partial charge on any atom is 0.351 e. The summed E-state index contributed by atoms with van der Waals surface area (Å²) in [6.07, 6.45) is -6.92. The molecule has 0 amide bonds. The summed E-state index contributed by atoms with van der Waals surface area (Å²) >= 11 is 0. The van der Waals surface area contributed by atoms with Gasteiger partial charge in [0.25, 0.3) is 0 Å². The van der Waals surface area contributed by atoms with Gasteiger partial charge in [-0.15, -0.1) is 0 Å². The van der Waals surface area contributed by atoms with Gasteiger partial charge in [-0.1, -0.05) is 0 Å². The van der Waals surface area contributed by atoms with Crippen LogP contribution in [0.25, 0.3) is 0 Å². The predicted molar refractivity (Wildman–Crippen MR) is 72.5 cm³/mol. The van der Waals surface area contributed by atoms with E-state index in [9.17, 15) is 30.3 Å². The van der Waals surface area contributed by atoms with E-state index >= 15 is 0 Å². The Kier molecular flexibility index (Phi) is 4.52. The van der Waals surface area contributed by atoms with Gasteiger partial charge >= 0.3 is 5.69 Å². The molecule has 1 aromatic heterocycles. The van der Waals surface area contributed by atoms with Crippen molar-refractivity contribution in [1.82, 2.24) is 9.55 Å². The van der Waals surface area contributed by atoms with Crippen molar-refractivity contribution in [2.24, 2.45) is 0 Å². The van der Waals surface area contributed by atoms with Crippen molar-refractivity contribution < 1.29 is 30.3 Å². The molecule has 1 aliphatic rings. The topological polar surface area (TPSA) is 171 Å². The molecule has 0 spiro atoms. The Hall–Kier alpha value is -1.56. The van der Waals surface area contributed by atoms with Crippen LogP contribution in [0.3, 0.4) is 0 Å². The zero-order chi connectivity index (χ0) is 16.7. The Labute approximate surface area is 125 Å². The number of aromatic nitrogens is 2. The van der Waals surface area contributed by atoms with Crippen molar-refractivity contribution in [1.29, 1.82) is 0 Å². The fourth-order valence-corrected chi connectivity index (χ4v) is 2.38. The van der Waals surface area contributed by atoms with Gasteiger partial charge in [-0.05, 0) is 13.0 Å². The Balaban J connectivity index is 2.53. The smallest absolute Gasteiger partial charge is 0.351 e. The first kappa shape index (κ1) is 16.8.